The van der Waals surface area contributed by atoms with E-state index in [1.54, 1.807) is 4.68 Å². The lowest BCUT2D eigenvalue weighted by Crippen LogP contribution is -2.30. The van der Waals surface area contributed by atoms with Gasteiger partial charge in [-0.3, -0.25) is 9.48 Å². The third kappa shape index (κ3) is 5.09. The molecule has 0 aliphatic rings. The van der Waals surface area contributed by atoms with E-state index in [9.17, 15) is 9.59 Å². The van der Waals surface area contributed by atoms with E-state index in [1.165, 1.54) is 0 Å². The Labute approximate surface area is 111 Å². The van der Waals surface area contributed by atoms with Gasteiger partial charge in [0.1, 0.15) is 0 Å². The first-order chi connectivity index (χ1) is 8.90. The maximum Gasteiger partial charge on any atom is 0.332 e. The van der Waals surface area contributed by atoms with E-state index in [-0.39, 0.29) is 25.3 Å². The molecule has 0 saturated heterocycles. The fourth-order valence-electron chi connectivity index (χ4n) is 1.67. The lowest BCUT2D eigenvalue weighted by atomic mass is 10.2. The van der Waals surface area contributed by atoms with Crippen LogP contribution >= 0.6 is 0 Å². The summed E-state index contributed by atoms with van der Waals surface area (Å²) in [4.78, 5) is 21.9. The lowest BCUT2D eigenvalue weighted by molar-refractivity contribution is -0.147. The van der Waals surface area contributed by atoms with Crippen LogP contribution in [0, 0.1) is 13.8 Å². The average Bonchev–Trinajstić information content (AvgIpc) is 2.65. The summed E-state index contributed by atoms with van der Waals surface area (Å²) in [5.41, 5.74) is 1.90. The molecule has 0 radical (unpaired) electrons. The Morgan fingerprint density at radius 2 is 2.16 bits per heavy atom. The molecule has 0 aliphatic heterocycles. The second-order valence-electron chi connectivity index (χ2n) is 4.39. The van der Waals surface area contributed by atoms with Crippen LogP contribution in [0.25, 0.3) is 0 Å². The Hall–Kier alpha value is -1.89. The van der Waals surface area contributed by atoms with Crippen molar-refractivity contribution in [2.75, 3.05) is 6.54 Å². The van der Waals surface area contributed by atoms with E-state index >= 15 is 0 Å². The number of nitrogens with one attached hydrogen (secondary N) is 1. The van der Waals surface area contributed by atoms with Crippen LogP contribution in [0.15, 0.2) is 6.07 Å². The van der Waals surface area contributed by atoms with Crippen LogP contribution in [0.3, 0.4) is 0 Å². The Morgan fingerprint density at radius 3 is 2.68 bits per heavy atom. The molecule has 7 heteroatoms. The molecular weight excluding hydrogens is 250 g/mol. The predicted molar refractivity (Wildman–Crippen MR) is 67.6 cm³/mol. The summed E-state index contributed by atoms with van der Waals surface area (Å²) in [6, 6.07) is 1.93. The monoisotopic (exact) mass is 269 g/mol. The molecule has 1 heterocycles. The number of nitrogens with zero attached hydrogens (tertiary/aromatic N) is 2. The topological polar surface area (TPSA) is 104 Å². The summed E-state index contributed by atoms with van der Waals surface area (Å²) in [5, 5.41) is 24.3. The molecule has 1 atom stereocenters. The highest BCUT2D eigenvalue weighted by molar-refractivity contribution is 5.76. The minimum Gasteiger partial charge on any atom is -0.479 e. The molecule has 0 fully saturated rings. The molecule has 7 nitrogen and oxygen atoms in total. The smallest absolute Gasteiger partial charge is 0.332 e. The van der Waals surface area contributed by atoms with E-state index < -0.39 is 12.1 Å². The van der Waals surface area contributed by atoms with Crippen molar-refractivity contribution in [3.63, 3.8) is 0 Å². The van der Waals surface area contributed by atoms with E-state index in [2.05, 4.69) is 10.4 Å². The Morgan fingerprint density at radius 1 is 1.47 bits per heavy atom. The number of aromatic nitrogens is 2. The van der Waals surface area contributed by atoms with Crippen LogP contribution in [0.2, 0.25) is 0 Å². The van der Waals surface area contributed by atoms with Gasteiger partial charge in [0.05, 0.1) is 5.69 Å². The molecule has 0 spiro atoms. The van der Waals surface area contributed by atoms with E-state index in [0.717, 1.165) is 11.4 Å². The Kier molecular flexibility index (Phi) is 5.50. The van der Waals surface area contributed by atoms with Crippen LogP contribution in [-0.2, 0) is 16.1 Å². The van der Waals surface area contributed by atoms with Gasteiger partial charge in [0.25, 0.3) is 0 Å². The average molecular weight is 269 g/mol. The summed E-state index contributed by atoms with van der Waals surface area (Å²) in [6.07, 6.45) is -1.16. The van der Waals surface area contributed by atoms with Gasteiger partial charge in [0.15, 0.2) is 6.10 Å². The van der Waals surface area contributed by atoms with Crippen molar-refractivity contribution in [1.29, 1.82) is 0 Å². The highest BCUT2D eigenvalue weighted by atomic mass is 16.4. The number of aliphatic hydroxyl groups is 1. The maximum atomic E-state index is 11.5. The van der Waals surface area contributed by atoms with Crippen molar-refractivity contribution in [3.8, 4) is 0 Å². The van der Waals surface area contributed by atoms with Crippen molar-refractivity contribution >= 4 is 11.9 Å². The van der Waals surface area contributed by atoms with Crippen LogP contribution in [0.5, 0.6) is 0 Å². The van der Waals surface area contributed by atoms with Crippen LogP contribution in [0.1, 0.15) is 24.2 Å². The quantitative estimate of drug-likeness (QED) is 0.638. The van der Waals surface area contributed by atoms with E-state index in [1.807, 2.05) is 19.9 Å². The predicted octanol–water partition coefficient (Wildman–Crippen LogP) is -0.158. The minimum atomic E-state index is -1.43. The SMILES string of the molecule is Cc1cc(C)n(CCC(=O)NCCC(O)C(=O)O)n1. The molecular formula is C12H19N3O4. The van der Waals surface area contributed by atoms with E-state index in [0.29, 0.717) is 6.54 Å². The van der Waals surface area contributed by atoms with Gasteiger partial charge >= 0.3 is 5.97 Å². The minimum absolute atomic E-state index is 0.000971. The number of carboxylic acid groups (broad SMARTS) is 1. The Balaban J connectivity index is 2.25. The van der Waals surface area contributed by atoms with Gasteiger partial charge in [-0.2, -0.15) is 5.10 Å². The lowest BCUT2D eigenvalue weighted by Gasteiger charge is -2.08. The van der Waals surface area contributed by atoms with Gasteiger partial charge in [0, 0.05) is 31.6 Å². The number of amides is 1. The summed E-state index contributed by atoms with van der Waals surface area (Å²) >= 11 is 0. The molecule has 1 unspecified atom stereocenters. The van der Waals surface area contributed by atoms with E-state index in [4.69, 9.17) is 10.2 Å². The zero-order valence-electron chi connectivity index (χ0n) is 11.1. The Bertz CT molecular complexity index is 456. The van der Waals surface area contributed by atoms with Crippen molar-refractivity contribution in [3.05, 3.63) is 17.5 Å². The molecule has 0 bridgehead atoms. The summed E-state index contributed by atoms with van der Waals surface area (Å²) in [5.74, 6) is -1.47. The highest BCUT2D eigenvalue weighted by Gasteiger charge is 2.13. The highest BCUT2D eigenvalue weighted by Crippen LogP contribution is 2.02. The number of aliphatic carboxylic acids is 1. The fourth-order valence-corrected chi connectivity index (χ4v) is 1.67. The number of aryl methyl sites for hydroxylation is 3. The molecule has 106 valence electrons. The number of carbonyl (C=O) groups is 2. The zero-order valence-corrected chi connectivity index (χ0v) is 11.1. The van der Waals surface area contributed by atoms with Crippen LogP contribution in [0.4, 0.5) is 0 Å². The van der Waals surface area contributed by atoms with Gasteiger partial charge in [0.2, 0.25) is 5.91 Å². The summed E-state index contributed by atoms with van der Waals surface area (Å²) in [6.45, 7) is 4.42. The second-order valence-corrected chi connectivity index (χ2v) is 4.39. The molecule has 0 aliphatic carbocycles. The second kappa shape index (κ2) is 6.89. The molecule has 1 aromatic heterocycles. The third-order valence-electron chi connectivity index (χ3n) is 2.68. The van der Waals surface area contributed by atoms with Gasteiger partial charge in [-0.05, 0) is 19.9 Å². The number of aliphatic hydroxyl groups excluding tert-OH is 1. The van der Waals surface area contributed by atoms with Gasteiger partial charge in [-0.25, -0.2) is 4.79 Å². The molecule has 19 heavy (non-hydrogen) atoms. The van der Waals surface area contributed by atoms with Crippen molar-refractivity contribution in [2.24, 2.45) is 0 Å². The molecule has 1 rings (SSSR count). The number of hydrogen-bond donors (Lipinski definition) is 3. The maximum absolute atomic E-state index is 11.5. The zero-order chi connectivity index (χ0) is 14.4. The third-order valence-corrected chi connectivity index (χ3v) is 2.68. The summed E-state index contributed by atoms with van der Waals surface area (Å²) < 4.78 is 1.75. The molecule has 3 N–H and O–H groups in total. The van der Waals surface area contributed by atoms with Crippen molar-refractivity contribution < 1.29 is 19.8 Å². The molecule has 0 aromatic carbocycles. The van der Waals surface area contributed by atoms with Crippen molar-refractivity contribution in [1.82, 2.24) is 15.1 Å². The van der Waals surface area contributed by atoms with Gasteiger partial charge < -0.3 is 15.5 Å². The molecule has 1 amide bonds. The fraction of sp³-hybridized carbons (Fsp3) is 0.583. The number of carboxylic acids is 1. The first kappa shape index (κ1) is 15.2. The number of hydrogen-bond acceptors (Lipinski definition) is 4. The summed E-state index contributed by atoms with van der Waals surface area (Å²) in [7, 11) is 0. The van der Waals surface area contributed by atoms with Gasteiger partial charge in [-0.15, -0.1) is 0 Å². The van der Waals surface area contributed by atoms with Gasteiger partial charge in [-0.1, -0.05) is 0 Å². The van der Waals surface area contributed by atoms with Crippen LogP contribution < -0.4 is 5.32 Å². The number of carbonyl (C=O) groups excluding carboxylic acids is 1. The number of rotatable bonds is 7. The first-order valence-electron chi connectivity index (χ1n) is 6.08. The van der Waals surface area contributed by atoms with Crippen LogP contribution in [-0.4, -0.2) is 44.5 Å². The standard InChI is InChI=1S/C12H19N3O4/c1-8-7-9(2)15(14-8)6-4-11(17)13-5-3-10(16)12(18)19/h7,10,16H,3-6H2,1-2H3,(H,13,17)(H,18,19). The molecule has 0 saturated carbocycles. The first-order valence-corrected chi connectivity index (χ1v) is 6.08. The molecule has 1 aromatic rings. The van der Waals surface area contributed by atoms with Crippen molar-refractivity contribution in [2.45, 2.75) is 39.3 Å². The normalized spacial score (nSPS) is 12.2. The largest absolute Gasteiger partial charge is 0.479 e.